The Hall–Kier alpha value is -1.60. The second-order valence-corrected chi connectivity index (χ2v) is 5.00. The van der Waals surface area contributed by atoms with E-state index in [-0.39, 0.29) is 0 Å². The maximum absolute atomic E-state index is 2.52. The Morgan fingerprint density at radius 3 is 2.68 bits per heavy atom. The van der Waals surface area contributed by atoms with Gasteiger partial charge in [-0.15, -0.1) is 0 Å². The summed E-state index contributed by atoms with van der Waals surface area (Å²) in [6.07, 6.45) is 13.3. The molecule has 0 unspecified atom stereocenters. The molecule has 1 aromatic carbocycles. The fraction of sp³-hybridized carbons (Fsp3) is 0.333. The normalized spacial score (nSPS) is 14.5. The van der Waals surface area contributed by atoms with Crippen LogP contribution in [0.25, 0.3) is 0 Å². The Morgan fingerprint density at radius 1 is 1.05 bits per heavy atom. The minimum atomic E-state index is 1.04. The van der Waals surface area contributed by atoms with Gasteiger partial charge in [-0.2, -0.15) is 0 Å². The van der Waals surface area contributed by atoms with Crippen LogP contribution in [-0.2, 0) is 6.54 Å². The second kappa shape index (κ2) is 7.75. The minimum absolute atomic E-state index is 1.04. The molecule has 2 rings (SSSR count). The molecule has 0 saturated carbocycles. The van der Waals surface area contributed by atoms with Gasteiger partial charge in [0.25, 0.3) is 0 Å². The highest BCUT2D eigenvalue weighted by Gasteiger charge is 2.06. The van der Waals surface area contributed by atoms with Crippen molar-refractivity contribution in [3.05, 3.63) is 71.8 Å². The minimum Gasteiger partial charge on any atom is -0.295 e. The van der Waals surface area contributed by atoms with Crippen molar-refractivity contribution in [2.45, 2.75) is 26.3 Å². The van der Waals surface area contributed by atoms with Crippen LogP contribution < -0.4 is 0 Å². The lowest BCUT2D eigenvalue weighted by Gasteiger charge is -2.22. The zero-order chi connectivity index (χ0) is 13.3. The van der Waals surface area contributed by atoms with Gasteiger partial charge in [-0.05, 0) is 30.5 Å². The summed E-state index contributed by atoms with van der Waals surface area (Å²) in [7, 11) is 0. The van der Waals surface area contributed by atoms with E-state index in [1.807, 2.05) is 0 Å². The molecule has 0 aliphatic heterocycles. The molecule has 0 aromatic heterocycles. The first-order chi connectivity index (χ1) is 9.38. The quantitative estimate of drug-likeness (QED) is 0.729. The van der Waals surface area contributed by atoms with Crippen molar-refractivity contribution >= 4 is 0 Å². The van der Waals surface area contributed by atoms with Crippen LogP contribution in [0.4, 0.5) is 0 Å². The van der Waals surface area contributed by atoms with E-state index in [2.05, 4.69) is 72.5 Å². The van der Waals surface area contributed by atoms with Crippen molar-refractivity contribution in [3.8, 4) is 0 Å². The van der Waals surface area contributed by atoms with Gasteiger partial charge in [0.15, 0.2) is 0 Å². The Kier molecular flexibility index (Phi) is 5.64. The van der Waals surface area contributed by atoms with Crippen molar-refractivity contribution < 1.29 is 0 Å². The number of hydrogen-bond donors (Lipinski definition) is 0. The smallest absolute Gasteiger partial charge is 0.0237 e. The van der Waals surface area contributed by atoms with Gasteiger partial charge in [0, 0.05) is 13.1 Å². The average Bonchev–Trinajstić information content (AvgIpc) is 2.69. The molecule has 0 saturated heterocycles. The Bertz CT molecular complexity index is 454. The van der Waals surface area contributed by atoms with E-state index in [4.69, 9.17) is 0 Å². The van der Waals surface area contributed by atoms with Gasteiger partial charge in [0.2, 0.25) is 0 Å². The summed E-state index contributed by atoms with van der Waals surface area (Å²) in [4.78, 5) is 2.52. The number of allylic oxidation sites excluding steroid dienone is 4. The van der Waals surface area contributed by atoms with Crippen molar-refractivity contribution in [3.63, 3.8) is 0 Å². The summed E-state index contributed by atoms with van der Waals surface area (Å²) < 4.78 is 0. The Balaban J connectivity index is 1.98. The molecule has 1 aliphatic rings. The summed E-state index contributed by atoms with van der Waals surface area (Å²) in [5.41, 5.74) is 2.82. The van der Waals surface area contributed by atoms with Crippen LogP contribution in [0, 0.1) is 0 Å². The highest BCUT2D eigenvalue weighted by atomic mass is 15.1. The molecular weight excluding hydrogens is 230 g/mol. The highest BCUT2D eigenvalue weighted by Crippen LogP contribution is 2.11. The first kappa shape index (κ1) is 13.8. The zero-order valence-corrected chi connectivity index (χ0v) is 11.8. The molecule has 1 aromatic rings. The number of benzene rings is 1. The molecule has 1 heteroatoms. The zero-order valence-electron chi connectivity index (χ0n) is 11.8. The van der Waals surface area contributed by atoms with E-state index in [0.29, 0.717) is 0 Å². The lowest BCUT2D eigenvalue weighted by Crippen LogP contribution is -2.26. The van der Waals surface area contributed by atoms with Crippen molar-refractivity contribution in [1.29, 1.82) is 0 Å². The van der Waals surface area contributed by atoms with E-state index in [0.717, 1.165) is 26.1 Å². The lowest BCUT2D eigenvalue weighted by molar-refractivity contribution is 0.290. The Morgan fingerprint density at radius 2 is 1.89 bits per heavy atom. The highest BCUT2D eigenvalue weighted by molar-refractivity contribution is 5.27. The van der Waals surface area contributed by atoms with Crippen molar-refractivity contribution in [2.24, 2.45) is 0 Å². The van der Waals surface area contributed by atoms with E-state index in [1.165, 1.54) is 17.6 Å². The fourth-order valence-corrected chi connectivity index (χ4v) is 2.37. The summed E-state index contributed by atoms with van der Waals surface area (Å²) in [6.45, 7) is 5.47. The van der Waals surface area contributed by atoms with Gasteiger partial charge in [0.1, 0.15) is 0 Å². The summed E-state index contributed by atoms with van der Waals surface area (Å²) in [5, 5.41) is 0. The van der Waals surface area contributed by atoms with Gasteiger partial charge in [0.05, 0.1) is 0 Å². The molecule has 19 heavy (non-hydrogen) atoms. The molecule has 0 radical (unpaired) electrons. The van der Waals surface area contributed by atoms with Gasteiger partial charge < -0.3 is 0 Å². The van der Waals surface area contributed by atoms with Crippen LogP contribution in [0.1, 0.15) is 25.3 Å². The largest absolute Gasteiger partial charge is 0.295 e. The maximum atomic E-state index is 2.52. The predicted molar refractivity (Wildman–Crippen MR) is 83.0 cm³/mol. The van der Waals surface area contributed by atoms with Gasteiger partial charge >= 0.3 is 0 Å². The number of rotatable bonds is 6. The summed E-state index contributed by atoms with van der Waals surface area (Å²) in [5.74, 6) is 0. The van der Waals surface area contributed by atoms with Crippen LogP contribution in [0.15, 0.2) is 66.3 Å². The van der Waals surface area contributed by atoms with Gasteiger partial charge in [-0.1, -0.05) is 67.6 Å². The Labute approximate surface area is 116 Å². The molecule has 0 amide bonds. The van der Waals surface area contributed by atoms with E-state index in [9.17, 15) is 0 Å². The molecule has 0 bridgehead atoms. The third kappa shape index (κ3) is 4.88. The molecule has 100 valence electrons. The molecule has 0 atom stereocenters. The van der Waals surface area contributed by atoms with E-state index >= 15 is 0 Å². The number of hydrogen-bond acceptors (Lipinski definition) is 1. The maximum Gasteiger partial charge on any atom is 0.0237 e. The summed E-state index contributed by atoms with van der Waals surface area (Å²) >= 11 is 0. The molecule has 0 fully saturated rings. The lowest BCUT2D eigenvalue weighted by atomic mass is 10.1. The predicted octanol–water partition coefficient (Wildman–Crippen LogP) is 4.34. The van der Waals surface area contributed by atoms with Crippen LogP contribution in [0.2, 0.25) is 0 Å². The van der Waals surface area contributed by atoms with Gasteiger partial charge in [-0.25, -0.2) is 0 Å². The molecule has 1 nitrogen and oxygen atoms in total. The molecule has 0 N–H and O–H groups in total. The monoisotopic (exact) mass is 253 g/mol. The van der Waals surface area contributed by atoms with Crippen LogP contribution in [-0.4, -0.2) is 18.0 Å². The van der Waals surface area contributed by atoms with Crippen LogP contribution in [0.3, 0.4) is 0 Å². The molecule has 1 aliphatic carbocycles. The van der Waals surface area contributed by atoms with E-state index in [1.54, 1.807) is 0 Å². The standard InChI is InChI=1S/C18H23N/c1-2-14-19(16-18-12-8-5-9-13-18)15-17-10-6-3-4-7-11-17/h3-6,8-13H,2,7,14-16H2,1H3. The number of nitrogens with zero attached hydrogens (tertiary/aromatic N) is 1. The average molecular weight is 253 g/mol. The van der Waals surface area contributed by atoms with Crippen LogP contribution in [0.5, 0.6) is 0 Å². The second-order valence-electron chi connectivity index (χ2n) is 5.00. The molecule has 0 heterocycles. The third-order valence-corrected chi connectivity index (χ3v) is 3.27. The van der Waals surface area contributed by atoms with E-state index < -0.39 is 0 Å². The molecular formula is C18H23N. The molecule has 0 spiro atoms. The first-order valence-corrected chi connectivity index (χ1v) is 7.17. The van der Waals surface area contributed by atoms with Crippen molar-refractivity contribution in [1.82, 2.24) is 4.90 Å². The first-order valence-electron chi connectivity index (χ1n) is 7.17. The van der Waals surface area contributed by atoms with Crippen molar-refractivity contribution in [2.75, 3.05) is 13.1 Å². The van der Waals surface area contributed by atoms with Crippen LogP contribution >= 0.6 is 0 Å². The SMILES string of the molecule is CCCN(CC1=CCC=CC=C1)Cc1ccccc1. The van der Waals surface area contributed by atoms with Gasteiger partial charge in [-0.3, -0.25) is 4.90 Å². The summed E-state index contributed by atoms with van der Waals surface area (Å²) in [6, 6.07) is 10.7. The fourth-order valence-electron chi connectivity index (χ4n) is 2.37. The topological polar surface area (TPSA) is 3.24 Å². The third-order valence-electron chi connectivity index (χ3n) is 3.27.